The van der Waals surface area contributed by atoms with E-state index in [1.165, 1.54) is 5.56 Å². The summed E-state index contributed by atoms with van der Waals surface area (Å²) in [7, 11) is 0. The summed E-state index contributed by atoms with van der Waals surface area (Å²) in [6.07, 6.45) is 0.971. The quantitative estimate of drug-likeness (QED) is 0.768. The van der Waals surface area contributed by atoms with Crippen molar-refractivity contribution in [2.75, 3.05) is 6.54 Å². The van der Waals surface area contributed by atoms with Crippen molar-refractivity contribution in [1.82, 2.24) is 5.32 Å². The predicted octanol–water partition coefficient (Wildman–Crippen LogP) is 4.98. The number of nitrogens with one attached hydrogen (secondary N) is 1. The zero-order valence-corrected chi connectivity index (χ0v) is 12.6. The first-order chi connectivity index (χ1) is 9.15. The molecule has 0 aliphatic heterocycles. The van der Waals surface area contributed by atoms with Crippen molar-refractivity contribution in [2.24, 2.45) is 0 Å². The van der Waals surface area contributed by atoms with E-state index in [1.807, 2.05) is 42.5 Å². The Kier molecular flexibility index (Phi) is 5.53. The van der Waals surface area contributed by atoms with Gasteiger partial charge >= 0.3 is 0 Å². The van der Waals surface area contributed by atoms with E-state index in [4.69, 9.17) is 34.8 Å². The van der Waals surface area contributed by atoms with Crippen LogP contribution in [-0.2, 0) is 13.0 Å². The Hall–Kier alpha value is -0.730. The highest BCUT2D eigenvalue weighted by Gasteiger charge is 1.99. The van der Waals surface area contributed by atoms with Gasteiger partial charge in [-0.1, -0.05) is 53.0 Å². The highest BCUT2D eigenvalue weighted by atomic mass is 35.5. The normalized spacial score (nSPS) is 10.7. The van der Waals surface area contributed by atoms with Gasteiger partial charge in [-0.05, 0) is 48.4 Å². The van der Waals surface area contributed by atoms with Crippen LogP contribution >= 0.6 is 34.8 Å². The summed E-state index contributed by atoms with van der Waals surface area (Å²) in [6, 6.07) is 13.6. The molecule has 0 spiro atoms. The van der Waals surface area contributed by atoms with Crippen LogP contribution in [0.5, 0.6) is 0 Å². The van der Waals surface area contributed by atoms with Crippen molar-refractivity contribution in [3.8, 4) is 0 Å². The Balaban J connectivity index is 1.77. The molecule has 2 aromatic rings. The van der Waals surface area contributed by atoms with Crippen molar-refractivity contribution in [2.45, 2.75) is 13.0 Å². The Morgan fingerprint density at radius 2 is 1.47 bits per heavy atom. The molecule has 2 aromatic carbocycles. The zero-order chi connectivity index (χ0) is 13.7. The molecule has 0 unspecified atom stereocenters. The number of rotatable bonds is 5. The van der Waals surface area contributed by atoms with Crippen LogP contribution < -0.4 is 5.32 Å². The van der Waals surface area contributed by atoms with E-state index in [9.17, 15) is 0 Å². The molecule has 1 N–H and O–H groups in total. The van der Waals surface area contributed by atoms with Gasteiger partial charge < -0.3 is 5.32 Å². The summed E-state index contributed by atoms with van der Waals surface area (Å²) < 4.78 is 0. The Morgan fingerprint density at radius 3 is 2.16 bits per heavy atom. The minimum atomic E-state index is 0.589. The van der Waals surface area contributed by atoms with Crippen LogP contribution in [0.15, 0.2) is 42.5 Å². The van der Waals surface area contributed by atoms with Gasteiger partial charge in [-0.25, -0.2) is 0 Å². The van der Waals surface area contributed by atoms with Gasteiger partial charge in [-0.3, -0.25) is 0 Å². The molecule has 0 saturated carbocycles. The molecule has 0 aliphatic rings. The summed E-state index contributed by atoms with van der Waals surface area (Å²) in [4.78, 5) is 0. The molecule has 0 fully saturated rings. The van der Waals surface area contributed by atoms with Gasteiger partial charge in [0.05, 0.1) is 10.0 Å². The molecule has 2 rings (SSSR count). The Labute approximate surface area is 128 Å². The average molecular weight is 315 g/mol. The largest absolute Gasteiger partial charge is 0.312 e. The standard InChI is InChI=1S/C15H14Cl3N/c16-13-4-1-11(2-5-13)7-8-19-10-12-3-6-14(17)15(18)9-12/h1-6,9,19H,7-8,10H2. The van der Waals surface area contributed by atoms with E-state index in [0.29, 0.717) is 10.0 Å². The molecule has 0 atom stereocenters. The van der Waals surface area contributed by atoms with Gasteiger partial charge in [-0.2, -0.15) is 0 Å². The number of hydrogen-bond donors (Lipinski definition) is 1. The van der Waals surface area contributed by atoms with Gasteiger partial charge in [0.15, 0.2) is 0 Å². The lowest BCUT2D eigenvalue weighted by Gasteiger charge is -2.06. The number of benzene rings is 2. The molecule has 19 heavy (non-hydrogen) atoms. The van der Waals surface area contributed by atoms with Crippen molar-refractivity contribution in [3.63, 3.8) is 0 Å². The molecule has 1 nitrogen and oxygen atoms in total. The van der Waals surface area contributed by atoms with Crippen LogP contribution in [0.1, 0.15) is 11.1 Å². The topological polar surface area (TPSA) is 12.0 Å². The Bertz CT molecular complexity index is 538. The number of hydrogen-bond acceptors (Lipinski definition) is 1. The van der Waals surface area contributed by atoms with Crippen molar-refractivity contribution < 1.29 is 0 Å². The highest BCUT2D eigenvalue weighted by Crippen LogP contribution is 2.22. The lowest BCUT2D eigenvalue weighted by molar-refractivity contribution is 0.687. The van der Waals surface area contributed by atoms with Gasteiger partial charge in [-0.15, -0.1) is 0 Å². The third-order valence-corrected chi connectivity index (χ3v) is 3.81. The van der Waals surface area contributed by atoms with Gasteiger partial charge in [0.1, 0.15) is 0 Å². The molecule has 0 amide bonds. The van der Waals surface area contributed by atoms with Crippen LogP contribution in [0.25, 0.3) is 0 Å². The van der Waals surface area contributed by atoms with E-state index in [1.54, 1.807) is 0 Å². The van der Waals surface area contributed by atoms with E-state index >= 15 is 0 Å². The zero-order valence-electron chi connectivity index (χ0n) is 10.3. The van der Waals surface area contributed by atoms with Crippen LogP contribution in [-0.4, -0.2) is 6.54 Å². The predicted molar refractivity (Wildman–Crippen MR) is 83.3 cm³/mol. The molecule has 4 heteroatoms. The minimum Gasteiger partial charge on any atom is -0.312 e. The molecule has 0 aliphatic carbocycles. The second-order valence-corrected chi connectivity index (χ2v) is 5.55. The maximum atomic E-state index is 5.97. The monoisotopic (exact) mass is 313 g/mol. The molecular formula is C15H14Cl3N. The van der Waals surface area contributed by atoms with E-state index in [2.05, 4.69) is 5.32 Å². The van der Waals surface area contributed by atoms with E-state index < -0.39 is 0 Å². The summed E-state index contributed by atoms with van der Waals surface area (Å²) in [5.74, 6) is 0. The molecule has 0 heterocycles. The van der Waals surface area contributed by atoms with Gasteiger partial charge in [0.2, 0.25) is 0 Å². The maximum absolute atomic E-state index is 5.97. The summed E-state index contributed by atoms with van der Waals surface area (Å²) in [5, 5.41) is 5.33. The fourth-order valence-electron chi connectivity index (χ4n) is 1.77. The molecule has 100 valence electrons. The fraction of sp³-hybridized carbons (Fsp3) is 0.200. The van der Waals surface area contributed by atoms with Crippen LogP contribution in [0.2, 0.25) is 15.1 Å². The average Bonchev–Trinajstić information content (AvgIpc) is 2.41. The van der Waals surface area contributed by atoms with Crippen molar-refractivity contribution in [3.05, 3.63) is 68.7 Å². The van der Waals surface area contributed by atoms with Crippen molar-refractivity contribution >= 4 is 34.8 Å². The molecule has 0 saturated heterocycles. The van der Waals surface area contributed by atoms with Crippen LogP contribution in [0, 0.1) is 0 Å². The second-order valence-electron chi connectivity index (χ2n) is 4.30. The van der Waals surface area contributed by atoms with Gasteiger partial charge in [0, 0.05) is 11.6 Å². The molecular weight excluding hydrogens is 301 g/mol. The van der Waals surface area contributed by atoms with E-state index in [0.717, 1.165) is 30.1 Å². The fourth-order valence-corrected chi connectivity index (χ4v) is 2.21. The third-order valence-electron chi connectivity index (χ3n) is 2.82. The third kappa shape index (κ3) is 4.70. The first-order valence-corrected chi connectivity index (χ1v) is 7.17. The SMILES string of the molecule is Clc1ccc(CCNCc2ccc(Cl)c(Cl)c2)cc1. The lowest BCUT2D eigenvalue weighted by atomic mass is 10.1. The maximum Gasteiger partial charge on any atom is 0.0595 e. The van der Waals surface area contributed by atoms with Crippen LogP contribution in [0.4, 0.5) is 0 Å². The Morgan fingerprint density at radius 1 is 0.789 bits per heavy atom. The smallest absolute Gasteiger partial charge is 0.0595 e. The first-order valence-electron chi connectivity index (χ1n) is 6.04. The number of halogens is 3. The first kappa shape index (κ1) is 14.7. The summed E-state index contributed by atoms with van der Waals surface area (Å²) >= 11 is 17.7. The molecule has 0 aromatic heterocycles. The molecule has 0 radical (unpaired) electrons. The van der Waals surface area contributed by atoms with Crippen LogP contribution in [0.3, 0.4) is 0 Å². The summed E-state index contributed by atoms with van der Waals surface area (Å²) in [5.41, 5.74) is 2.40. The summed E-state index contributed by atoms with van der Waals surface area (Å²) in [6.45, 7) is 1.69. The van der Waals surface area contributed by atoms with Crippen molar-refractivity contribution in [1.29, 1.82) is 0 Å². The molecule has 0 bridgehead atoms. The second kappa shape index (κ2) is 7.16. The van der Waals surface area contributed by atoms with Gasteiger partial charge in [0.25, 0.3) is 0 Å². The minimum absolute atomic E-state index is 0.589. The highest BCUT2D eigenvalue weighted by molar-refractivity contribution is 6.42. The lowest BCUT2D eigenvalue weighted by Crippen LogP contribution is -2.16. The van der Waals surface area contributed by atoms with E-state index in [-0.39, 0.29) is 0 Å².